The van der Waals surface area contributed by atoms with Crippen molar-refractivity contribution in [2.45, 2.75) is 0 Å². The topological polar surface area (TPSA) is 112 Å². The van der Waals surface area contributed by atoms with Crippen molar-refractivity contribution >= 4 is 34.7 Å². The first-order valence-corrected chi connectivity index (χ1v) is 9.00. The molecule has 1 heterocycles. The van der Waals surface area contributed by atoms with Gasteiger partial charge in [0.15, 0.2) is 11.6 Å². The quantitative estimate of drug-likeness (QED) is 0.567. The van der Waals surface area contributed by atoms with Crippen LogP contribution >= 0.6 is 0 Å². The zero-order valence-electron chi connectivity index (χ0n) is 17.2. The number of hydrogen-bond acceptors (Lipinski definition) is 9. The van der Waals surface area contributed by atoms with E-state index in [1.165, 1.54) is 13.4 Å². The predicted octanol–water partition coefficient (Wildman–Crippen LogP) is 3.37. The molecule has 0 bridgehead atoms. The van der Waals surface area contributed by atoms with Crippen LogP contribution in [-0.2, 0) is 4.74 Å². The number of nitrogens with one attached hydrogen (secondary N) is 1. The molecular weight excluding hydrogens is 386 g/mol. The van der Waals surface area contributed by atoms with Gasteiger partial charge in [-0.15, -0.1) is 0 Å². The molecule has 30 heavy (non-hydrogen) atoms. The lowest BCUT2D eigenvalue weighted by Crippen LogP contribution is -2.18. The molecule has 0 radical (unpaired) electrons. The van der Waals surface area contributed by atoms with Gasteiger partial charge in [-0.1, -0.05) is 12.1 Å². The number of aromatic nitrogens is 2. The van der Waals surface area contributed by atoms with Gasteiger partial charge in [-0.3, -0.25) is 0 Å². The molecule has 9 nitrogen and oxygen atoms in total. The van der Waals surface area contributed by atoms with E-state index in [1.54, 1.807) is 62.6 Å². The van der Waals surface area contributed by atoms with Crippen molar-refractivity contribution in [3.63, 3.8) is 0 Å². The van der Waals surface area contributed by atoms with Crippen LogP contribution in [0.5, 0.6) is 11.5 Å². The molecule has 0 aliphatic carbocycles. The molecule has 0 aliphatic rings. The van der Waals surface area contributed by atoms with Crippen molar-refractivity contribution in [1.29, 1.82) is 0 Å². The molecule has 0 unspecified atom stereocenters. The third-order valence-electron chi connectivity index (χ3n) is 4.51. The molecule has 9 heteroatoms. The van der Waals surface area contributed by atoms with Gasteiger partial charge in [-0.25, -0.2) is 14.8 Å². The van der Waals surface area contributed by atoms with Crippen LogP contribution in [0, 0.1) is 0 Å². The summed E-state index contributed by atoms with van der Waals surface area (Å²) in [6.45, 7) is 0. The van der Waals surface area contributed by atoms with Gasteiger partial charge in [-0.05, 0) is 24.3 Å². The van der Waals surface area contributed by atoms with E-state index in [1.807, 2.05) is 6.07 Å². The van der Waals surface area contributed by atoms with Crippen molar-refractivity contribution in [3.8, 4) is 11.5 Å². The first-order valence-electron chi connectivity index (χ1n) is 9.00. The molecule has 2 aromatic carbocycles. The summed E-state index contributed by atoms with van der Waals surface area (Å²) in [4.78, 5) is 22.4. The number of ether oxygens (including phenoxy) is 3. The molecule has 0 spiro atoms. The van der Waals surface area contributed by atoms with Crippen LogP contribution in [0.3, 0.4) is 0 Å². The predicted molar refractivity (Wildman–Crippen MR) is 115 cm³/mol. The molecule has 0 fully saturated rings. The molecule has 0 saturated heterocycles. The highest BCUT2D eigenvalue weighted by atomic mass is 16.5. The van der Waals surface area contributed by atoms with Gasteiger partial charge >= 0.3 is 5.97 Å². The van der Waals surface area contributed by atoms with Gasteiger partial charge in [0, 0.05) is 13.1 Å². The number of nitrogens with two attached hydrogens (primary N) is 1. The van der Waals surface area contributed by atoms with Crippen LogP contribution < -0.4 is 25.4 Å². The Morgan fingerprint density at radius 3 is 2.53 bits per heavy atom. The molecule has 156 valence electrons. The number of anilines is 5. The third-order valence-corrected chi connectivity index (χ3v) is 4.51. The highest BCUT2D eigenvalue weighted by Gasteiger charge is 2.20. The number of carbonyl (C=O) groups excluding carboxylic acids is 1. The van der Waals surface area contributed by atoms with Crippen LogP contribution in [0.15, 0.2) is 48.8 Å². The lowest BCUT2D eigenvalue weighted by molar-refractivity contribution is 0.0601. The fourth-order valence-corrected chi connectivity index (χ4v) is 2.96. The second-order valence-corrected chi connectivity index (χ2v) is 6.22. The van der Waals surface area contributed by atoms with Gasteiger partial charge < -0.3 is 30.2 Å². The van der Waals surface area contributed by atoms with E-state index in [0.29, 0.717) is 45.8 Å². The Morgan fingerprint density at radius 1 is 1.07 bits per heavy atom. The molecule has 1 aromatic heterocycles. The normalized spacial score (nSPS) is 10.3. The molecule has 3 N–H and O–H groups in total. The van der Waals surface area contributed by atoms with E-state index < -0.39 is 5.97 Å². The van der Waals surface area contributed by atoms with Crippen LogP contribution in [-0.4, -0.2) is 44.3 Å². The van der Waals surface area contributed by atoms with Crippen molar-refractivity contribution < 1.29 is 19.0 Å². The van der Waals surface area contributed by atoms with Gasteiger partial charge in [0.1, 0.15) is 23.5 Å². The standard InChI is InChI=1S/C21H23N5O4/c1-26(16-8-6-5-7-14(16)21(27)30-4)20-18(22)19(23-12-24-20)25-15-11-13(28-2)9-10-17(15)29-3/h5-12H,22H2,1-4H3,(H,23,24,25). The summed E-state index contributed by atoms with van der Waals surface area (Å²) in [7, 11) is 6.24. The SMILES string of the molecule is COC(=O)c1ccccc1N(C)c1ncnc(Nc2cc(OC)ccc2OC)c1N. The summed E-state index contributed by atoms with van der Waals surface area (Å²) in [5, 5.41) is 3.16. The minimum absolute atomic E-state index is 0.296. The molecule has 3 aromatic rings. The lowest BCUT2D eigenvalue weighted by atomic mass is 10.1. The maximum atomic E-state index is 12.1. The minimum atomic E-state index is -0.454. The summed E-state index contributed by atoms with van der Waals surface area (Å²) in [5.41, 5.74) is 8.29. The largest absolute Gasteiger partial charge is 0.497 e. The highest BCUT2D eigenvalue weighted by Crippen LogP contribution is 2.36. The van der Waals surface area contributed by atoms with E-state index >= 15 is 0 Å². The van der Waals surface area contributed by atoms with Crippen molar-refractivity contribution in [2.24, 2.45) is 0 Å². The average Bonchev–Trinajstić information content (AvgIpc) is 2.79. The Labute approximate surface area is 174 Å². The smallest absolute Gasteiger partial charge is 0.339 e. The molecule has 0 amide bonds. The Bertz CT molecular complexity index is 1060. The monoisotopic (exact) mass is 409 g/mol. The van der Waals surface area contributed by atoms with E-state index in [0.717, 1.165) is 0 Å². The van der Waals surface area contributed by atoms with Crippen molar-refractivity contribution in [2.75, 3.05) is 44.3 Å². The average molecular weight is 409 g/mol. The summed E-state index contributed by atoms with van der Waals surface area (Å²) < 4.78 is 15.5. The zero-order chi connectivity index (χ0) is 21.7. The fraction of sp³-hybridized carbons (Fsp3) is 0.190. The minimum Gasteiger partial charge on any atom is -0.497 e. The first-order chi connectivity index (χ1) is 14.5. The number of para-hydroxylation sites is 1. The number of methoxy groups -OCH3 is 3. The van der Waals surface area contributed by atoms with Gasteiger partial charge in [0.25, 0.3) is 0 Å². The van der Waals surface area contributed by atoms with E-state index in [2.05, 4.69) is 15.3 Å². The molecule has 3 rings (SSSR count). The number of nitrogen functional groups attached to an aromatic ring is 1. The van der Waals surface area contributed by atoms with Crippen LogP contribution in [0.4, 0.5) is 28.7 Å². The van der Waals surface area contributed by atoms with Crippen LogP contribution in [0.1, 0.15) is 10.4 Å². The molecular formula is C21H23N5O4. The number of carbonyl (C=O) groups is 1. The van der Waals surface area contributed by atoms with Gasteiger partial charge in [0.05, 0.1) is 38.3 Å². The maximum Gasteiger partial charge on any atom is 0.339 e. The third kappa shape index (κ3) is 4.04. The number of esters is 1. The number of benzene rings is 2. The number of nitrogens with zero attached hydrogens (tertiary/aromatic N) is 3. The summed E-state index contributed by atoms with van der Waals surface area (Å²) >= 11 is 0. The molecule has 0 aliphatic heterocycles. The zero-order valence-corrected chi connectivity index (χ0v) is 17.2. The Kier molecular flexibility index (Phi) is 6.21. The van der Waals surface area contributed by atoms with Gasteiger partial charge in [0.2, 0.25) is 0 Å². The summed E-state index contributed by atoms with van der Waals surface area (Å²) in [5.74, 6) is 1.60. The van der Waals surface area contributed by atoms with Crippen LogP contribution in [0.25, 0.3) is 0 Å². The van der Waals surface area contributed by atoms with Crippen molar-refractivity contribution in [3.05, 3.63) is 54.4 Å². The second-order valence-electron chi connectivity index (χ2n) is 6.22. The summed E-state index contributed by atoms with van der Waals surface area (Å²) in [6, 6.07) is 12.4. The Hall–Kier alpha value is -4.01. The van der Waals surface area contributed by atoms with E-state index in [4.69, 9.17) is 19.9 Å². The maximum absolute atomic E-state index is 12.1. The second kappa shape index (κ2) is 8.99. The van der Waals surface area contributed by atoms with E-state index in [-0.39, 0.29) is 0 Å². The fourth-order valence-electron chi connectivity index (χ4n) is 2.96. The number of rotatable bonds is 7. The Balaban J connectivity index is 2.00. The van der Waals surface area contributed by atoms with Crippen molar-refractivity contribution in [1.82, 2.24) is 9.97 Å². The first kappa shape index (κ1) is 20.7. The van der Waals surface area contributed by atoms with Gasteiger partial charge in [-0.2, -0.15) is 0 Å². The number of hydrogen-bond donors (Lipinski definition) is 2. The van der Waals surface area contributed by atoms with Crippen LogP contribution in [0.2, 0.25) is 0 Å². The summed E-state index contributed by atoms with van der Waals surface area (Å²) in [6.07, 6.45) is 1.39. The lowest BCUT2D eigenvalue weighted by Gasteiger charge is -2.23. The highest BCUT2D eigenvalue weighted by molar-refractivity contribution is 5.97. The van der Waals surface area contributed by atoms with E-state index in [9.17, 15) is 4.79 Å². The molecule has 0 atom stereocenters. The Morgan fingerprint density at radius 2 is 1.83 bits per heavy atom. The molecule has 0 saturated carbocycles.